The summed E-state index contributed by atoms with van der Waals surface area (Å²) < 4.78 is 19.0. The van der Waals surface area contributed by atoms with Gasteiger partial charge in [0.25, 0.3) is 0 Å². The third-order valence-electron chi connectivity index (χ3n) is 7.04. The summed E-state index contributed by atoms with van der Waals surface area (Å²) in [5.41, 5.74) is 1.54. The summed E-state index contributed by atoms with van der Waals surface area (Å²) >= 11 is 0. The van der Waals surface area contributed by atoms with Gasteiger partial charge in [-0.1, -0.05) is 12.1 Å². The number of piperidine rings is 2. The first-order valence-corrected chi connectivity index (χ1v) is 11.9. The van der Waals surface area contributed by atoms with Gasteiger partial charge in [0, 0.05) is 38.0 Å². The lowest BCUT2D eigenvalue weighted by Gasteiger charge is -2.41. The summed E-state index contributed by atoms with van der Waals surface area (Å²) in [6, 6.07) is 5.08. The SMILES string of the molecule is CCOC(=O)C1CCCN(C(=O)C2CC(c3ccc(F)c(C)c3)CN(C(=O)C3CC3)C2)C1. The summed E-state index contributed by atoms with van der Waals surface area (Å²) in [4.78, 5) is 42.3. The molecule has 0 bridgehead atoms. The van der Waals surface area contributed by atoms with Crippen LogP contribution in [0.5, 0.6) is 0 Å². The Morgan fingerprint density at radius 3 is 2.41 bits per heavy atom. The van der Waals surface area contributed by atoms with Gasteiger partial charge in [0.05, 0.1) is 18.4 Å². The minimum atomic E-state index is -0.317. The van der Waals surface area contributed by atoms with E-state index in [4.69, 9.17) is 4.74 Å². The molecule has 3 atom stereocenters. The van der Waals surface area contributed by atoms with Crippen LogP contribution in [0.4, 0.5) is 4.39 Å². The molecule has 7 heteroatoms. The van der Waals surface area contributed by atoms with Gasteiger partial charge in [-0.05, 0) is 63.1 Å². The van der Waals surface area contributed by atoms with Gasteiger partial charge in [-0.25, -0.2) is 4.39 Å². The van der Waals surface area contributed by atoms with E-state index in [-0.39, 0.29) is 47.3 Å². The minimum Gasteiger partial charge on any atom is -0.466 e. The number of likely N-dealkylation sites (tertiary alicyclic amines) is 2. The zero-order valence-electron chi connectivity index (χ0n) is 19.0. The lowest BCUT2D eigenvalue weighted by molar-refractivity contribution is -0.152. The monoisotopic (exact) mass is 444 g/mol. The molecule has 0 N–H and O–H groups in total. The molecular weight excluding hydrogens is 411 g/mol. The number of esters is 1. The van der Waals surface area contributed by atoms with E-state index in [2.05, 4.69) is 0 Å². The quantitative estimate of drug-likeness (QED) is 0.654. The van der Waals surface area contributed by atoms with Gasteiger partial charge in [-0.3, -0.25) is 14.4 Å². The van der Waals surface area contributed by atoms with E-state index in [1.807, 2.05) is 11.0 Å². The van der Waals surface area contributed by atoms with Crippen molar-refractivity contribution in [2.75, 3.05) is 32.8 Å². The average molecular weight is 445 g/mol. The van der Waals surface area contributed by atoms with Crippen molar-refractivity contribution in [2.45, 2.75) is 51.9 Å². The van der Waals surface area contributed by atoms with E-state index in [1.165, 1.54) is 6.07 Å². The molecule has 6 nitrogen and oxygen atoms in total. The maximum absolute atomic E-state index is 13.8. The fourth-order valence-corrected chi connectivity index (χ4v) is 5.10. The second kappa shape index (κ2) is 9.59. The first-order valence-electron chi connectivity index (χ1n) is 11.9. The number of benzene rings is 1. The van der Waals surface area contributed by atoms with Crippen molar-refractivity contribution < 1.29 is 23.5 Å². The predicted molar refractivity (Wildman–Crippen MR) is 117 cm³/mol. The molecule has 2 heterocycles. The van der Waals surface area contributed by atoms with Crippen molar-refractivity contribution in [3.63, 3.8) is 0 Å². The summed E-state index contributed by atoms with van der Waals surface area (Å²) in [6.45, 7) is 5.85. The van der Waals surface area contributed by atoms with Gasteiger partial charge in [0.2, 0.25) is 11.8 Å². The molecule has 3 unspecified atom stereocenters. The lowest BCUT2D eigenvalue weighted by atomic mass is 9.82. The number of amides is 2. The Bertz CT molecular complexity index is 885. The van der Waals surface area contributed by atoms with E-state index >= 15 is 0 Å². The van der Waals surface area contributed by atoms with Crippen molar-refractivity contribution in [3.8, 4) is 0 Å². The maximum Gasteiger partial charge on any atom is 0.310 e. The molecule has 174 valence electrons. The number of hydrogen-bond donors (Lipinski definition) is 0. The lowest BCUT2D eigenvalue weighted by Crippen LogP contribution is -2.51. The molecule has 3 aliphatic rings. The summed E-state index contributed by atoms with van der Waals surface area (Å²) in [5.74, 6) is -0.863. The minimum absolute atomic E-state index is 0.00894. The highest BCUT2D eigenvalue weighted by Gasteiger charge is 2.41. The van der Waals surface area contributed by atoms with E-state index in [1.54, 1.807) is 24.8 Å². The van der Waals surface area contributed by atoms with E-state index in [9.17, 15) is 18.8 Å². The molecule has 32 heavy (non-hydrogen) atoms. The van der Waals surface area contributed by atoms with Crippen LogP contribution in [0.2, 0.25) is 0 Å². The smallest absolute Gasteiger partial charge is 0.310 e. The van der Waals surface area contributed by atoms with Crippen LogP contribution in [0.15, 0.2) is 18.2 Å². The second-order valence-corrected chi connectivity index (χ2v) is 9.53. The number of halogens is 1. The van der Waals surface area contributed by atoms with Crippen molar-refractivity contribution in [3.05, 3.63) is 35.1 Å². The molecule has 0 aromatic heterocycles. The van der Waals surface area contributed by atoms with Crippen LogP contribution in [-0.4, -0.2) is 60.4 Å². The van der Waals surface area contributed by atoms with Crippen LogP contribution in [0.1, 0.15) is 56.1 Å². The Morgan fingerprint density at radius 2 is 1.72 bits per heavy atom. The molecule has 3 fully saturated rings. The molecule has 0 spiro atoms. The summed E-state index contributed by atoms with van der Waals surface area (Å²) in [7, 11) is 0. The average Bonchev–Trinajstić information content (AvgIpc) is 3.65. The number of carbonyl (C=O) groups is 3. The molecule has 1 aromatic rings. The van der Waals surface area contributed by atoms with Crippen molar-refractivity contribution in [1.29, 1.82) is 0 Å². The zero-order valence-corrected chi connectivity index (χ0v) is 19.0. The number of carbonyl (C=O) groups excluding carboxylic acids is 3. The van der Waals surface area contributed by atoms with Crippen molar-refractivity contribution in [2.24, 2.45) is 17.8 Å². The van der Waals surface area contributed by atoms with E-state index < -0.39 is 0 Å². The van der Waals surface area contributed by atoms with Crippen LogP contribution in [0.25, 0.3) is 0 Å². The molecular formula is C25H33FN2O4. The Labute approximate surface area is 189 Å². The van der Waals surface area contributed by atoms with Crippen molar-refractivity contribution in [1.82, 2.24) is 9.80 Å². The number of aryl methyl sites for hydroxylation is 1. The first-order chi connectivity index (χ1) is 15.4. The van der Waals surface area contributed by atoms with Gasteiger partial charge in [0.15, 0.2) is 0 Å². The molecule has 0 radical (unpaired) electrons. The Hall–Kier alpha value is -2.44. The molecule has 4 rings (SSSR count). The van der Waals surface area contributed by atoms with Crippen LogP contribution in [0.3, 0.4) is 0 Å². The molecule has 2 saturated heterocycles. The second-order valence-electron chi connectivity index (χ2n) is 9.53. The van der Waals surface area contributed by atoms with E-state index in [0.717, 1.165) is 31.2 Å². The van der Waals surface area contributed by atoms with Gasteiger partial charge in [-0.2, -0.15) is 0 Å². The largest absolute Gasteiger partial charge is 0.466 e. The van der Waals surface area contributed by atoms with Gasteiger partial charge in [-0.15, -0.1) is 0 Å². The highest BCUT2D eigenvalue weighted by Crippen LogP contribution is 2.37. The number of nitrogens with zero attached hydrogens (tertiary/aromatic N) is 2. The first kappa shape index (κ1) is 22.7. The maximum atomic E-state index is 13.8. The summed E-state index contributed by atoms with van der Waals surface area (Å²) in [6.07, 6.45) is 3.96. The topological polar surface area (TPSA) is 66.9 Å². The van der Waals surface area contributed by atoms with Crippen LogP contribution < -0.4 is 0 Å². The molecule has 2 amide bonds. The molecule has 1 aromatic carbocycles. The highest BCUT2D eigenvalue weighted by molar-refractivity contribution is 5.84. The molecule has 1 saturated carbocycles. The summed E-state index contributed by atoms with van der Waals surface area (Å²) in [5, 5.41) is 0. The Balaban J connectivity index is 1.51. The fraction of sp³-hybridized carbons (Fsp3) is 0.640. The molecule has 2 aliphatic heterocycles. The van der Waals surface area contributed by atoms with Gasteiger partial charge >= 0.3 is 5.97 Å². The Kier molecular flexibility index (Phi) is 6.82. The number of hydrogen-bond acceptors (Lipinski definition) is 4. The fourth-order valence-electron chi connectivity index (χ4n) is 5.10. The van der Waals surface area contributed by atoms with Crippen molar-refractivity contribution >= 4 is 17.8 Å². The zero-order chi connectivity index (χ0) is 22.8. The van der Waals surface area contributed by atoms with Crippen LogP contribution in [0, 0.1) is 30.5 Å². The van der Waals surface area contributed by atoms with Crippen LogP contribution in [-0.2, 0) is 19.1 Å². The number of rotatable bonds is 5. The third kappa shape index (κ3) is 4.97. The van der Waals surface area contributed by atoms with Gasteiger partial charge < -0.3 is 14.5 Å². The molecule has 1 aliphatic carbocycles. The Morgan fingerprint density at radius 1 is 1.00 bits per heavy atom. The predicted octanol–water partition coefficient (Wildman–Crippen LogP) is 3.28. The third-order valence-corrected chi connectivity index (χ3v) is 7.04. The normalized spacial score (nSPS) is 26.0. The number of ether oxygens (including phenoxy) is 1. The van der Waals surface area contributed by atoms with E-state index in [0.29, 0.717) is 44.8 Å². The highest BCUT2D eigenvalue weighted by atomic mass is 19.1. The standard InChI is InChI=1S/C25H33FN2O4/c1-3-32-25(31)19-5-4-10-27(13-19)24(30)21-12-20(18-8-9-22(26)16(2)11-18)14-28(15-21)23(29)17-6-7-17/h8-9,11,17,19-21H,3-7,10,12-15H2,1-2H3. The van der Waals surface area contributed by atoms with Gasteiger partial charge in [0.1, 0.15) is 5.82 Å². The van der Waals surface area contributed by atoms with Crippen LogP contribution >= 0.6 is 0 Å².